The average Bonchev–Trinajstić information content (AvgIpc) is 3.81. The number of nitrogens with zero attached hydrogens (tertiary/aromatic N) is 3. The Morgan fingerprint density at radius 1 is 0.500 bits per heavy atom. The lowest BCUT2D eigenvalue weighted by molar-refractivity contribution is 0.424. The standard InChI is InChI=1S/C54H41N3O/c1-54(2)49-34-38-16-13-12-15-37(38)33-48(49)46-29-30-47-45(51(46)54)31-32-50-52(47)58-53(55-50)36-25-27-42(28-26-36)57(41-21-10-5-11-22-41)44-24-14-23-43(35-44)56(39-17-6-3-7-18-39)40-19-8-4-9-20-40/h3-35,46,51H,1-2H3. The molecule has 0 saturated heterocycles. The number of aromatic nitrogens is 1. The molecule has 2 aliphatic rings. The second kappa shape index (κ2) is 13.5. The van der Waals surface area contributed by atoms with Crippen LogP contribution >= 0.6 is 0 Å². The van der Waals surface area contributed by atoms with Crippen LogP contribution in [0.25, 0.3) is 39.4 Å². The monoisotopic (exact) mass is 747 g/mol. The minimum Gasteiger partial charge on any atom is -0.435 e. The lowest BCUT2D eigenvalue weighted by Gasteiger charge is -2.34. The molecule has 0 spiro atoms. The molecule has 0 saturated carbocycles. The zero-order valence-electron chi connectivity index (χ0n) is 32.5. The smallest absolute Gasteiger partial charge is 0.227 e. The predicted octanol–water partition coefficient (Wildman–Crippen LogP) is 14.8. The minimum absolute atomic E-state index is 0.0403. The van der Waals surface area contributed by atoms with Gasteiger partial charge in [-0.25, -0.2) is 4.98 Å². The largest absolute Gasteiger partial charge is 0.435 e. The van der Waals surface area contributed by atoms with Crippen molar-refractivity contribution in [3.8, 4) is 11.5 Å². The van der Waals surface area contributed by atoms with Crippen molar-refractivity contribution in [2.75, 3.05) is 9.80 Å². The number of hydrogen-bond donors (Lipinski definition) is 0. The van der Waals surface area contributed by atoms with Crippen LogP contribution in [0.4, 0.5) is 34.1 Å². The molecule has 2 unspecified atom stereocenters. The van der Waals surface area contributed by atoms with Crippen LogP contribution < -0.4 is 9.80 Å². The highest BCUT2D eigenvalue weighted by Crippen LogP contribution is 2.59. The molecule has 0 radical (unpaired) electrons. The summed E-state index contributed by atoms with van der Waals surface area (Å²) >= 11 is 0. The van der Waals surface area contributed by atoms with Crippen LogP contribution in [0.5, 0.6) is 0 Å². The van der Waals surface area contributed by atoms with Crippen molar-refractivity contribution in [1.29, 1.82) is 0 Å². The van der Waals surface area contributed by atoms with Gasteiger partial charge in [0, 0.05) is 57.1 Å². The Kier molecular flexibility index (Phi) is 7.94. The van der Waals surface area contributed by atoms with Crippen molar-refractivity contribution in [2.45, 2.75) is 31.1 Å². The van der Waals surface area contributed by atoms with Crippen LogP contribution in [-0.2, 0) is 5.41 Å². The molecule has 0 amide bonds. The number of benzene rings is 8. The highest BCUT2D eigenvalue weighted by atomic mass is 16.3. The zero-order chi connectivity index (χ0) is 38.8. The number of hydrogen-bond acceptors (Lipinski definition) is 4. The molecule has 9 aromatic rings. The van der Waals surface area contributed by atoms with Crippen molar-refractivity contribution < 1.29 is 4.42 Å². The second-order valence-corrected chi connectivity index (χ2v) is 16.1. The first-order valence-corrected chi connectivity index (χ1v) is 20.1. The predicted molar refractivity (Wildman–Crippen MR) is 240 cm³/mol. The van der Waals surface area contributed by atoms with Crippen LogP contribution in [-0.4, -0.2) is 4.98 Å². The molecule has 0 N–H and O–H groups in total. The van der Waals surface area contributed by atoms with Gasteiger partial charge in [-0.05, 0) is 118 Å². The van der Waals surface area contributed by atoms with E-state index in [4.69, 9.17) is 9.40 Å². The summed E-state index contributed by atoms with van der Waals surface area (Å²) < 4.78 is 6.72. The topological polar surface area (TPSA) is 32.5 Å². The lowest BCUT2D eigenvalue weighted by atomic mass is 9.69. The number of rotatable bonds is 7. The van der Waals surface area contributed by atoms with Crippen molar-refractivity contribution in [3.05, 3.63) is 216 Å². The first-order valence-electron chi connectivity index (χ1n) is 20.1. The van der Waals surface area contributed by atoms with E-state index >= 15 is 0 Å². The fourth-order valence-corrected chi connectivity index (χ4v) is 9.63. The maximum Gasteiger partial charge on any atom is 0.227 e. The summed E-state index contributed by atoms with van der Waals surface area (Å²) in [5, 5.41) is 2.60. The molecule has 1 aromatic heterocycles. The second-order valence-electron chi connectivity index (χ2n) is 16.1. The molecule has 11 rings (SSSR count). The van der Waals surface area contributed by atoms with Gasteiger partial charge in [0.25, 0.3) is 0 Å². The molecule has 2 atom stereocenters. The van der Waals surface area contributed by atoms with E-state index in [2.05, 4.69) is 224 Å². The zero-order valence-corrected chi connectivity index (χ0v) is 32.5. The molecule has 0 aliphatic heterocycles. The van der Waals surface area contributed by atoms with Gasteiger partial charge in [0.05, 0.1) is 0 Å². The molecule has 8 aromatic carbocycles. The quantitative estimate of drug-likeness (QED) is 0.163. The molecular weight excluding hydrogens is 707 g/mol. The third-order valence-electron chi connectivity index (χ3n) is 12.3. The van der Waals surface area contributed by atoms with Gasteiger partial charge in [0.15, 0.2) is 5.58 Å². The molecule has 4 nitrogen and oxygen atoms in total. The maximum absolute atomic E-state index is 6.72. The fourth-order valence-electron chi connectivity index (χ4n) is 9.63. The minimum atomic E-state index is -0.0403. The Bertz CT molecular complexity index is 2950. The Morgan fingerprint density at radius 3 is 1.64 bits per heavy atom. The number of oxazole rings is 1. The molecule has 4 heteroatoms. The summed E-state index contributed by atoms with van der Waals surface area (Å²) in [6, 6.07) is 66.9. The Hall–Kier alpha value is -7.17. The summed E-state index contributed by atoms with van der Waals surface area (Å²) in [5.41, 5.74) is 14.4. The van der Waals surface area contributed by atoms with E-state index < -0.39 is 0 Å². The third-order valence-corrected chi connectivity index (χ3v) is 12.3. The van der Waals surface area contributed by atoms with E-state index in [9.17, 15) is 0 Å². The molecule has 278 valence electrons. The van der Waals surface area contributed by atoms with Crippen LogP contribution in [0, 0.1) is 0 Å². The lowest BCUT2D eigenvalue weighted by Crippen LogP contribution is -2.25. The molecule has 1 heterocycles. The van der Waals surface area contributed by atoms with Gasteiger partial charge in [-0.3, -0.25) is 0 Å². The van der Waals surface area contributed by atoms with E-state index in [0.717, 1.165) is 56.4 Å². The van der Waals surface area contributed by atoms with Crippen LogP contribution in [0.3, 0.4) is 0 Å². The molecule has 0 bridgehead atoms. The van der Waals surface area contributed by atoms with Gasteiger partial charge in [-0.1, -0.05) is 129 Å². The van der Waals surface area contributed by atoms with Crippen LogP contribution in [0.1, 0.15) is 47.9 Å². The molecule has 2 aliphatic carbocycles. The van der Waals surface area contributed by atoms with E-state index in [-0.39, 0.29) is 5.41 Å². The average molecular weight is 748 g/mol. The number of anilines is 6. The summed E-state index contributed by atoms with van der Waals surface area (Å²) in [6.07, 6.45) is 4.68. The van der Waals surface area contributed by atoms with E-state index in [1.54, 1.807) is 0 Å². The third kappa shape index (κ3) is 5.55. The number of allylic oxidation sites excluding steroid dienone is 1. The number of para-hydroxylation sites is 3. The Balaban J connectivity index is 0.948. The fraction of sp³-hybridized carbons (Fsp3) is 0.0926. The van der Waals surface area contributed by atoms with Crippen molar-refractivity contribution in [3.63, 3.8) is 0 Å². The van der Waals surface area contributed by atoms with Gasteiger partial charge in [0.2, 0.25) is 5.89 Å². The molecule has 0 fully saturated rings. The highest BCUT2D eigenvalue weighted by Gasteiger charge is 2.48. The summed E-state index contributed by atoms with van der Waals surface area (Å²) in [4.78, 5) is 9.65. The van der Waals surface area contributed by atoms with Gasteiger partial charge < -0.3 is 14.2 Å². The van der Waals surface area contributed by atoms with Crippen molar-refractivity contribution >= 4 is 62.1 Å². The SMILES string of the molecule is CC1(C)c2cc3ccccc3cc2C2C=Cc3c(ccc4nc(-c5ccc(N(c6ccccc6)c6cccc(N(c7ccccc7)c7ccccc7)c6)cc5)oc34)C21. The summed E-state index contributed by atoms with van der Waals surface area (Å²) in [6.45, 7) is 4.81. The summed E-state index contributed by atoms with van der Waals surface area (Å²) in [7, 11) is 0. The Labute approximate surface area is 339 Å². The van der Waals surface area contributed by atoms with E-state index in [1.165, 1.54) is 27.5 Å². The molecule has 58 heavy (non-hydrogen) atoms. The maximum atomic E-state index is 6.72. The van der Waals surface area contributed by atoms with Gasteiger partial charge in [-0.15, -0.1) is 0 Å². The normalized spacial score (nSPS) is 16.2. The van der Waals surface area contributed by atoms with E-state index in [0.29, 0.717) is 17.7 Å². The van der Waals surface area contributed by atoms with Gasteiger partial charge in [-0.2, -0.15) is 0 Å². The van der Waals surface area contributed by atoms with Crippen LogP contribution in [0.15, 0.2) is 199 Å². The highest BCUT2D eigenvalue weighted by molar-refractivity contribution is 5.91. The van der Waals surface area contributed by atoms with Crippen molar-refractivity contribution in [2.24, 2.45) is 0 Å². The Morgan fingerprint density at radius 2 is 1.03 bits per heavy atom. The summed E-state index contributed by atoms with van der Waals surface area (Å²) in [5.74, 6) is 1.26. The molecular formula is C54H41N3O. The first kappa shape index (κ1) is 34.1. The van der Waals surface area contributed by atoms with Crippen molar-refractivity contribution in [1.82, 2.24) is 4.98 Å². The van der Waals surface area contributed by atoms with E-state index in [1.807, 2.05) is 0 Å². The van der Waals surface area contributed by atoms with Gasteiger partial charge in [0.1, 0.15) is 5.52 Å². The van der Waals surface area contributed by atoms with Gasteiger partial charge >= 0.3 is 0 Å². The van der Waals surface area contributed by atoms with Crippen LogP contribution in [0.2, 0.25) is 0 Å². The number of fused-ring (bicyclic) bond motifs is 8. The first-order chi connectivity index (χ1) is 28.5.